The molecular formula is C10H13NO3. The summed E-state index contributed by atoms with van der Waals surface area (Å²) in [5, 5.41) is 0. The minimum atomic E-state index is 0.319. The highest BCUT2D eigenvalue weighted by molar-refractivity contribution is 5.72. The highest BCUT2D eigenvalue weighted by Gasteiger charge is 2.02. The van der Waals surface area contributed by atoms with Crippen LogP contribution in [0.2, 0.25) is 0 Å². The van der Waals surface area contributed by atoms with Gasteiger partial charge in [-0.2, -0.15) is 0 Å². The molecule has 0 fully saturated rings. The normalized spacial score (nSPS) is 9.57. The predicted molar refractivity (Wildman–Crippen MR) is 52.0 cm³/mol. The van der Waals surface area contributed by atoms with Crippen LogP contribution in [0.4, 0.5) is 0 Å². The topological polar surface area (TPSA) is 48.4 Å². The second kappa shape index (κ2) is 5.21. The summed E-state index contributed by atoms with van der Waals surface area (Å²) >= 11 is 0. The van der Waals surface area contributed by atoms with Crippen LogP contribution in [0.25, 0.3) is 0 Å². The van der Waals surface area contributed by atoms with Crippen molar-refractivity contribution in [1.29, 1.82) is 0 Å². The second-order valence-corrected chi connectivity index (χ2v) is 2.55. The lowest BCUT2D eigenvalue weighted by atomic mass is 10.3. The number of ether oxygens (including phenoxy) is 2. The van der Waals surface area contributed by atoms with Crippen LogP contribution in [0.5, 0.6) is 11.6 Å². The van der Waals surface area contributed by atoms with Crippen molar-refractivity contribution >= 4 is 6.29 Å². The van der Waals surface area contributed by atoms with Gasteiger partial charge in [0.1, 0.15) is 11.4 Å². The van der Waals surface area contributed by atoms with Gasteiger partial charge >= 0.3 is 0 Å². The third-order valence-corrected chi connectivity index (χ3v) is 1.52. The number of rotatable bonds is 5. The van der Waals surface area contributed by atoms with Crippen molar-refractivity contribution in [2.75, 3.05) is 13.2 Å². The molecule has 0 aromatic carbocycles. The van der Waals surface area contributed by atoms with Crippen molar-refractivity contribution in [3.05, 3.63) is 17.8 Å². The van der Waals surface area contributed by atoms with Gasteiger partial charge in [0, 0.05) is 12.1 Å². The van der Waals surface area contributed by atoms with Crippen molar-refractivity contribution in [3.8, 4) is 11.6 Å². The Morgan fingerprint density at radius 1 is 1.29 bits per heavy atom. The van der Waals surface area contributed by atoms with E-state index in [1.807, 2.05) is 13.8 Å². The largest absolute Gasteiger partial charge is 0.494 e. The van der Waals surface area contributed by atoms with E-state index in [2.05, 4.69) is 4.98 Å². The number of nitrogens with zero attached hydrogens (tertiary/aromatic N) is 1. The van der Waals surface area contributed by atoms with E-state index in [4.69, 9.17) is 9.47 Å². The van der Waals surface area contributed by atoms with E-state index >= 15 is 0 Å². The molecule has 14 heavy (non-hydrogen) atoms. The Hall–Kier alpha value is -1.58. The number of carbonyl (C=O) groups is 1. The van der Waals surface area contributed by atoms with Crippen molar-refractivity contribution in [2.24, 2.45) is 0 Å². The van der Waals surface area contributed by atoms with E-state index in [1.165, 1.54) is 0 Å². The standard InChI is InChI=1S/C10H13NO3/c1-3-13-9-5-8(7-12)11-10(6-9)14-4-2/h5-7H,3-4H2,1-2H3. The summed E-state index contributed by atoms with van der Waals surface area (Å²) < 4.78 is 10.4. The van der Waals surface area contributed by atoms with E-state index in [0.717, 1.165) is 0 Å². The summed E-state index contributed by atoms with van der Waals surface area (Å²) in [4.78, 5) is 14.5. The van der Waals surface area contributed by atoms with Gasteiger partial charge in [0.2, 0.25) is 5.88 Å². The molecule has 0 amide bonds. The van der Waals surface area contributed by atoms with Crippen LogP contribution in [0.3, 0.4) is 0 Å². The monoisotopic (exact) mass is 195 g/mol. The lowest BCUT2D eigenvalue weighted by molar-refractivity contribution is 0.111. The molecule has 1 heterocycles. The lowest BCUT2D eigenvalue weighted by Crippen LogP contribution is -1.99. The molecule has 1 rings (SSSR count). The molecular weight excluding hydrogens is 182 g/mol. The number of carbonyl (C=O) groups excluding carboxylic acids is 1. The zero-order valence-corrected chi connectivity index (χ0v) is 8.32. The Labute approximate surface area is 82.9 Å². The molecule has 0 unspecified atom stereocenters. The molecule has 0 saturated carbocycles. The molecule has 4 nitrogen and oxygen atoms in total. The van der Waals surface area contributed by atoms with Gasteiger partial charge in [0.25, 0.3) is 0 Å². The molecule has 0 aliphatic rings. The third kappa shape index (κ3) is 2.73. The molecule has 0 saturated heterocycles. The predicted octanol–water partition coefficient (Wildman–Crippen LogP) is 1.69. The molecule has 0 radical (unpaired) electrons. The smallest absolute Gasteiger partial charge is 0.217 e. The summed E-state index contributed by atoms with van der Waals surface area (Å²) in [7, 11) is 0. The first-order valence-electron chi connectivity index (χ1n) is 4.53. The molecule has 76 valence electrons. The highest BCUT2D eigenvalue weighted by atomic mass is 16.5. The van der Waals surface area contributed by atoms with Crippen LogP contribution in [-0.4, -0.2) is 24.5 Å². The van der Waals surface area contributed by atoms with Gasteiger partial charge in [0.15, 0.2) is 6.29 Å². The fourth-order valence-corrected chi connectivity index (χ4v) is 1.03. The van der Waals surface area contributed by atoms with Crippen LogP contribution in [0.15, 0.2) is 12.1 Å². The summed E-state index contributed by atoms with van der Waals surface area (Å²) in [5.74, 6) is 1.02. The fraction of sp³-hybridized carbons (Fsp3) is 0.400. The quantitative estimate of drug-likeness (QED) is 0.671. The molecule has 0 spiro atoms. The van der Waals surface area contributed by atoms with E-state index in [1.54, 1.807) is 12.1 Å². The Kier molecular flexibility index (Phi) is 3.91. The molecule has 4 heteroatoms. The van der Waals surface area contributed by atoms with Gasteiger partial charge in [-0.1, -0.05) is 0 Å². The molecule has 0 N–H and O–H groups in total. The lowest BCUT2D eigenvalue weighted by Gasteiger charge is -2.06. The van der Waals surface area contributed by atoms with Crippen LogP contribution in [-0.2, 0) is 0 Å². The van der Waals surface area contributed by atoms with E-state index in [-0.39, 0.29) is 0 Å². The van der Waals surface area contributed by atoms with Crippen LogP contribution in [0, 0.1) is 0 Å². The van der Waals surface area contributed by atoms with Gasteiger partial charge < -0.3 is 9.47 Å². The van der Waals surface area contributed by atoms with Gasteiger partial charge in [-0.05, 0) is 13.8 Å². The van der Waals surface area contributed by atoms with Crippen LogP contribution < -0.4 is 9.47 Å². The number of hydrogen-bond acceptors (Lipinski definition) is 4. The number of pyridine rings is 1. The first-order chi connectivity index (χ1) is 6.80. The van der Waals surface area contributed by atoms with Crippen LogP contribution in [0.1, 0.15) is 24.3 Å². The fourth-order valence-electron chi connectivity index (χ4n) is 1.03. The summed E-state index contributed by atoms with van der Waals surface area (Å²) in [6.45, 7) is 4.80. The zero-order valence-electron chi connectivity index (χ0n) is 8.32. The minimum absolute atomic E-state index is 0.319. The average Bonchev–Trinajstić information content (AvgIpc) is 2.18. The van der Waals surface area contributed by atoms with E-state index < -0.39 is 0 Å². The summed E-state index contributed by atoms with van der Waals surface area (Å²) in [6, 6.07) is 3.25. The molecule has 0 aliphatic carbocycles. The second-order valence-electron chi connectivity index (χ2n) is 2.55. The summed E-state index contributed by atoms with van der Waals surface area (Å²) in [6.07, 6.45) is 0.672. The summed E-state index contributed by atoms with van der Waals surface area (Å²) in [5.41, 5.74) is 0.319. The Morgan fingerprint density at radius 3 is 2.57 bits per heavy atom. The van der Waals surface area contributed by atoms with Gasteiger partial charge in [-0.25, -0.2) is 4.98 Å². The highest BCUT2D eigenvalue weighted by Crippen LogP contribution is 2.18. The molecule has 1 aromatic rings. The van der Waals surface area contributed by atoms with Crippen molar-refractivity contribution in [3.63, 3.8) is 0 Å². The Balaban J connectivity index is 2.94. The molecule has 0 aliphatic heterocycles. The van der Waals surface area contributed by atoms with Crippen molar-refractivity contribution < 1.29 is 14.3 Å². The number of aromatic nitrogens is 1. The van der Waals surface area contributed by atoms with Gasteiger partial charge in [-0.15, -0.1) is 0 Å². The number of aldehydes is 1. The van der Waals surface area contributed by atoms with Gasteiger partial charge in [-0.3, -0.25) is 4.79 Å². The minimum Gasteiger partial charge on any atom is -0.494 e. The average molecular weight is 195 g/mol. The van der Waals surface area contributed by atoms with E-state index in [9.17, 15) is 4.79 Å². The first kappa shape index (κ1) is 10.5. The zero-order chi connectivity index (χ0) is 10.4. The molecule has 0 atom stereocenters. The number of hydrogen-bond donors (Lipinski definition) is 0. The molecule has 0 bridgehead atoms. The Bertz CT molecular complexity index is 288. The maximum Gasteiger partial charge on any atom is 0.217 e. The van der Waals surface area contributed by atoms with Gasteiger partial charge in [0.05, 0.1) is 13.2 Å². The van der Waals surface area contributed by atoms with Crippen molar-refractivity contribution in [2.45, 2.75) is 13.8 Å². The van der Waals surface area contributed by atoms with Crippen molar-refractivity contribution in [1.82, 2.24) is 4.98 Å². The third-order valence-electron chi connectivity index (χ3n) is 1.52. The Morgan fingerprint density at radius 2 is 2.00 bits per heavy atom. The van der Waals surface area contributed by atoms with E-state index in [0.29, 0.717) is 36.8 Å². The maximum absolute atomic E-state index is 10.5. The van der Waals surface area contributed by atoms with Crippen LogP contribution >= 0.6 is 0 Å². The first-order valence-corrected chi connectivity index (χ1v) is 4.53. The molecule has 1 aromatic heterocycles. The maximum atomic E-state index is 10.5. The SMILES string of the molecule is CCOc1cc(C=O)nc(OCC)c1.